The van der Waals surface area contributed by atoms with E-state index in [1.54, 1.807) is 0 Å². The molecule has 1 aliphatic rings. The van der Waals surface area contributed by atoms with E-state index >= 15 is 0 Å². The molecule has 0 N–H and O–H groups in total. The molecule has 0 saturated carbocycles. The second kappa shape index (κ2) is 4.60. The zero-order chi connectivity index (χ0) is 14.3. The predicted octanol–water partition coefficient (Wildman–Crippen LogP) is 2.89. The number of benzene rings is 3. The number of para-hydroxylation sites is 2. The van der Waals surface area contributed by atoms with Crippen LogP contribution in [0.15, 0.2) is 78.9 Å². The Bertz CT molecular complexity index is 750. The van der Waals surface area contributed by atoms with E-state index in [0.29, 0.717) is 0 Å². The smallest absolute Gasteiger partial charge is 0.155 e. The predicted molar refractivity (Wildman–Crippen MR) is 89.9 cm³/mol. The summed E-state index contributed by atoms with van der Waals surface area (Å²) in [6.07, 6.45) is 0. The molecule has 0 bridgehead atoms. The molecule has 0 aromatic heterocycles. The first-order valence-electron chi connectivity index (χ1n) is 7.22. The maximum atomic E-state index is 6.13. The van der Waals surface area contributed by atoms with Gasteiger partial charge in [0.1, 0.15) is 11.5 Å². The van der Waals surface area contributed by atoms with Crippen molar-refractivity contribution >= 4 is 23.6 Å². The van der Waals surface area contributed by atoms with E-state index in [9.17, 15) is 0 Å². The van der Waals surface area contributed by atoms with Crippen LogP contribution in [0.2, 0.25) is 6.55 Å². The van der Waals surface area contributed by atoms with E-state index in [2.05, 4.69) is 73.3 Å². The van der Waals surface area contributed by atoms with Gasteiger partial charge in [-0.2, -0.15) is 0 Å². The van der Waals surface area contributed by atoms with Crippen molar-refractivity contribution in [2.45, 2.75) is 6.55 Å². The lowest BCUT2D eigenvalue weighted by atomic mass is 10.3. The Morgan fingerprint density at radius 3 is 1.67 bits per heavy atom. The van der Waals surface area contributed by atoms with Gasteiger partial charge in [-0.25, -0.2) is 0 Å². The molecule has 0 atom stereocenters. The van der Waals surface area contributed by atoms with Crippen molar-refractivity contribution in [2.24, 2.45) is 0 Å². The Morgan fingerprint density at radius 1 is 0.619 bits per heavy atom. The Hall–Kier alpha value is -2.32. The van der Waals surface area contributed by atoms with Gasteiger partial charge in [0.05, 0.1) is 0 Å². The Labute approximate surface area is 125 Å². The van der Waals surface area contributed by atoms with Gasteiger partial charge < -0.3 is 4.74 Å². The third kappa shape index (κ3) is 1.76. The normalized spacial score (nSPS) is 14.7. The largest absolute Gasteiger partial charge is 0.458 e. The van der Waals surface area contributed by atoms with Gasteiger partial charge in [0.25, 0.3) is 0 Å². The van der Waals surface area contributed by atoms with E-state index < -0.39 is 8.07 Å². The van der Waals surface area contributed by atoms with Crippen LogP contribution in [0.4, 0.5) is 0 Å². The highest BCUT2D eigenvalue weighted by Crippen LogP contribution is 2.28. The quantitative estimate of drug-likeness (QED) is 0.626. The molecule has 0 unspecified atom stereocenters. The summed E-state index contributed by atoms with van der Waals surface area (Å²) >= 11 is 0. The van der Waals surface area contributed by atoms with Crippen LogP contribution in [0.5, 0.6) is 11.5 Å². The molecule has 0 amide bonds. The molecule has 0 fully saturated rings. The van der Waals surface area contributed by atoms with Gasteiger partial charge in [-0.3, -0.25) is 0 Å². The minimum atomic E-state index is -1.98. The number of rotatable bonds is 1. The first-order valence-corrected chi connectivity index (χ1v) is 9.72. The van der Waals surface area contributed by atoms with Crippen molar-refractivity contribution in [1.82, 2.24) is 0 Å². The lowest BCUT2D eigenvalue weighted by Gasteiger charge is -2.36. The Kier molecular flexibility index (Phi) is 2.72. The lowest BCUT2D eigenvalue weighted by Crippen LogP contribution is -2.66. The average molecular weight is 288 g/mol. The first kappa shape index (κ1) is 12.4. The highest BCUT2D eigenvalue weighted by molar-refractivity contribution is 7.11. The number of hydrogen-bond acceptors (Lipinski definition) is 1. The van der Waals surface area contributed by atoms with Gasteiger partial charge >= 0.3 is 0 Å². The summed E-state index contributed by atoms with van der Waals surface area (Å²) < 4.78 is 6.13. The molecule has 3 aromatic carbocycles. The molecular formula is C19H16OSi. The fourth-order valence-corrected chi connectivity index (χ4v) is 7.17. The van der Waals surface area contributed by atoms with Crippen LogP contribution in [-0.2, 0) is 0 Å². The maximum absolute atomic E-state index is 6.13. The Balaban J connectivity index is 2.06. The molecule has 21 heavy (non-hydrogen) atoms. The summed E-state index contributed by atoms with van der Waals surface area (Å²) in [5.41, 5.74) is 0. The van der Waals surface area contributed by atoms with Crippen LogP contribution in [0.1, 0.15) is 0 Å². The zero-order valence-corrected chi connectivity index (χ0v) is 12.9. The van der Waals surface area contributed by atoms with Crippen LogP contribution in [0.3, 0.4) is 0 Å². The SMILES string of the molecule is C[Si]1(c2ccccc2)c2ccccc2Oc2ccccc21. The molecule has 1 aliphatic heterocycles. The van der Waals surface area contributed by atoms with Gasteiger partial charge in [-0.05, 0) is 27.7 Å². The van der Waals surface area contributed by atoms with Crippen molar-refractivity contribution in [2.75, 3.05) is 0 Å². The van der Waals surface area contributed by atoms with E-state index in [1.165, 1.54) is 15.6 Å². The molecule has 2 heteroatoms. The van der Waals surface area contributed by atoms with Crippen molar-refractivity contribution < 1.29 is 4.74 Å². The molecule has 102 valence electrons. The third-order valence-corrected chi connectivity index (χ3v) is 8.89. The summed E-state index contributed by atoms with van der Waals surface area (Å²) in [4.78, 5) is 0. The van der Waals surface area contributed by atoms with Crippen molar-refractivity contribution in [3.63, 3.8) is 0 Å². The zero-order valence-electron chi connectivity index (χ0n) is 11.9. The van der Waals surface area contributed by atoms with Gasteiger partial charge in [0.2, 0.25) is 0 Å². The van der Waals surface area contributed by atoms with Crippen LogP contribution in [-0.4, -0.2) is 8.07 Å². The van der Waals surface area contributed by atoms with Crippen LogP contribution in [0, 0.1) is 0 Å². The standard InChI is InChI=1S/C19H16OSi/c1-21(15-9-3-2-4-10-15)18-13-7-5-11-16(18)20-17-12-6-8-14-19(17)21/h2-14H,1H3. The van der Waals surface area contributed by atoms with E-state index in [0.717, 1.165) is 11.5 Å². The van der Waals surface area contributed by atoms with Crippen LogP contribution >= 0.6 is 0 Å². The van der Waals surface area contributed by atoms with Gasteiger partial charge in [0.15, 0.2) is 8.07 Å². The topological polar surface area (TPSA) is 9.23 Å². The molecule has 3 aromatic rings. The molecule has 0 aliphatic carbocycles. The first-order chi connectivity index (χ1) is 10.3. The van der Waals surface area contributed by atoms with Crippen molar-refractivity contribution in [3.8, 4) is 11.5 Å². The van der Waals surface area contributed by atoms with Gasteiger partial charge in [-0.15, -0.1) is 0 Å². The fraction of sp³-hybridized carbons (Fsp3) is 0.0526. The Morgan fingerprint density at radius 2 is 1.10 bits per heavy atom. The maximum Gasteiger partial charge on any atom is 0.155 e. The fourth-order valence-electron chi connectivity index (χ4n) is 3.28. The van der Waals surface area contributed by atoms with Gasteiger partial charge in [-0.1, -0.05) is 73.3 Å². The minimum absolute atomic E-state index is 1.01. The molecule has 0 saturated heterocycles. The molecule has 1 nitrogen and oxygen atoms in total. The molecular weight excluding hydrogens is 272 g/mol. The summed E-state index contributed by atoms with van der Waals surface area (Å²) in [5.74, 6) is 2.02. The second-order valence-electron chi connectivity index (χ2n) is 5.59. The van der Waals surface area contributed by atoms with E-state index in [-0.39, 0.29) is 0 Å². The number of fused-ring (bicyclic) bond motifs is 2. The highest BCUT2D eigenvalue weighted by Gasteiger charge is 2.41. The third-order valence-electron chi connectivity index (χ3n) is 4.42. The summed E-state index contributed by atoms with van der Waals surface area (Å²) in [7, 11) is -1.98. The summed E-state index contributed by atoms with van der Waals surface area (Å²) in [6, 6.07) is 27.8. The average Bonchev–Trinajstić information content (AvgIpc) is 2.56. The van der Waals surface area contributed by atoms with Crippen molar-refractivity contribution in [3.05, 3.63) is 78.9 Å². The second-order valence-corrected chi connectivity index (χ2v) is 9.49. The lowest BCUT2D eigenvalue weighted by molar-refractivity contribution is 0.487. The van der Waals surface area contributed by atoms with Crippen LogP contribution < -0.4 is 20.3 Å². The minimum Gasteiger partial charge on any atom is -0.458 e. The molecule has 4 rings (SSSR count). The van der Waals surface area contributed by atoms with Crippen LogP contribution in [0.25, 0.3) is 0 Å². The molecule has 1 heterocycles. The van der Waals surface area contributed by atoms with Gasteiger partial charge in [0, 0.05) is 0 Å². The monoisotopic (exact) mass is 288 g/mol. The highest BCUT2D eigenvalue weighted by atomic mass is 28.3. The number of ether oxygens (including phenoxy) is 1. The molecule has 0 radical (unpaired) electrons. The molecule has 0 spiro atoms. The summed E-state index contributed by atoms with van der Waals surface area (Å²) in [6.45, 7) is 2.42. The van der Waals surface area contributed by atoms with Crippen molar-refractivity contribution in [1.29, 1.82) is 0 Å². The van der Waals surface area contributed by atoms with E-state index in [4.69, 9.17) is 4.74 Å². The number of hydrogen-bond donors (Lipinski definition) is 0. The van der Waals surface area contributed by atoms with E-state index in [1.807, 2.05) is 12.1 Å². The summed E-state index contributed by atoms with van der Waals surface area (Å²) in [5, 5.41) is 4.14.